The molecule has 0 radical (unpaired) electrons. The summed E-state index contributed by atoms with van der Waals surface area (Å²) in [5.41, 5.74) is 0.906. The molecule has 0 aromatic carbocycles. The second-order valence-corrected chi connectivity index (χ2v) is 4.05. The Bertz CT molecular complexity index is 488. The number of thiophene rings is 1. The molecule has 0 unspecified atom stereocenters. The number of H-pyrrole nitrogens is 1. The van der Waals surface area contributed by atoms with Gasteiger partial charge in [-0.25, -0.2) is 4.98 Å². The molecule has 3 nitrogen and oxygen atoms in total. The van der Waals surface area contributed by atoms with Crippen molar-refractivity contribution in [2.45, 2.75) is 0 Å². The molecule has 0 spiro atoms. The lowest BCUT2D eigenvalue weighted by Crippen LogP contribution is -1.74. The Morgan fingerprint density at radius 1 is 1.27 bits per heavy atom. The first-order chi connectivity index (χ1) is 7.43. The molecule has 1 N–H and O–H groups in total. The van der Waals surface area contributed by atoms with E-state index in [4.69, 9.17) is 4.42 Å². The van der Waals surface area contributed by atoms with Crippen molar-refractivity contribution in [3.63, 3.8) is 0 Å². The Balaban J connectivity index is 2.02. The number of rotatable bonds is 2. The van der Waals surface area contributed by atoms with Gasteiger partial charge in [0.2, 0.25) is 0 Å². The minimum absolute atomic E-state index is 0.810. The zero-order valence-electron chi connectivity index (χ0n) is 7.81. The predicted octanol–water partition coefficient (Wildman–Crippen LogP) is 3.40. The van der Waals surface area contributed by atoms with Gasteiger partial charge in [-0.1, -0.05) is 6.07 Å². The lowest BCUT2D eigenvalue weighted by Gasteiger charge is -1.90. The molecule has 0 saturated heterocycles. The van der Waals surface area contributed by atoms with Crippen LogP contribution < -0.4 is 0 Å². The van der Waals surface area contributed by atoms with E-state index in [9.17, 15) is 0 Å². The van der Waals surface area contributed by atoms with E-state index in [0.29, 0.717) is 0 Å². The molecule has 0 atom stereocenters. The van der Waals surface area contributed by atoms with Gasteiger partial charge in [-0.3, -0.25) is 0 Å². The topological polar surface area (TPSA) is 41.8 Å². The quantitative estimate of drug-likeness (QED) is 0.713. The smallest absolute Gasteiger partial charge is 0.151 e. The van der Waals surface area contributed by atoms with E-state index < -0.39 is 0 Å². The molecule has 0 saturated carbocycles. The van der Waals surface area contributed by atoms with Crippen molar-refractivity contribution in [3.8, 4) is 22.2 Å². The van der Waals surface area contributed by atoms with Crippen molar-refractivity contribution in [1.82, 2.24) is 9.97 Å². The van der Waals surface area contributed by atoms with Crippen molar-refractivity contribution >= 4 is 11.3 Å². The maximum absolute atomic E-state index is 5.28. The fraction of sp³-hybridized carbons (Fsp3) is 0. The summed E-state index contributed by atoms with van der Waals surface area (Å²) in [6, 6.07) is 7.82. The van der Waals surface area contributed by atoms with Crippen LogP contribution in [0.5, 0.6) is 0 Å². The second kappa shape index (κ2) is 3.40. The average Bonchev–Trinajstić information content (AvgIpc) is 3.02. The third-order valence-corrected chi connectivity index (χ3v) is 2.99. The van der Waals surface area contributed by atoms with Gasteiger partial charge in [0.05, 0.1) is 17.3 Å². The van der Waals surface area contributed by atoms with Gasteiger partial charge in [-0.05, 0) is 23.6 Å². The highest BCUT2D eigenvalue weighted by atomic mass is 32.1. The lowest BCUT2D eigenvalue weighted by atomic mass is 10.4. The molecule has 0 aliphatic rings. The number of furan rings is 1. The van der Waals surface area contributed by atoms with E-state index in [-0.39, 0.29) is 0 Å². The molecule has 0 bridgehead atoms. The normalized spacial score (nSPS) is 10.7. The SMILES string of the molecule is c1coc(-c2cnc(-c3cccs3)[nH]2)c1. The Hall–Kier alpha value is -1.81. The molecular formula is C11H8N2OS. The zero-order valence-corrected chi connectivity index (χ0v) is 8.62. The van der Waals surface area contributed by atoms with Gasteiger partial charge < -0.3 is 9.40 Å². The van der Waals surface area contributed by atoms with Crippen LogP contribution in [0.4, 0.5) is 0 Å². The fourth-order valence-electron chi connectivity index (χ4n) is 1.42. The van der Waals surface area contributed by atoms with E-state index in [1.165, 1.54) is 0 Å². The standard InChI is InChI=1S/C11H8N2OS/c1-3-9(14-5-1)8-7-12-11(13-8)10-4-2-6-15-10/h1-7H,(H,12,13). The number of aromatic amines is 1. The van der Waals surface area contributed by atoms with E-state index in [0.717, 1.165) is 22.2 Å². The van der Waals surface area contributed by atoms with Gasteiger partial charge in [0.25, 0.3) is 0 Å². The first-order valence-corrected chi connectivity index (χ1v) is 5.44. The van der Waals surface area contributed by atoms with E-state index in [1.807, 2.05) is 29.6 Å². The predicted molar refractivity (Wildman–Crippen MR) is 59.6 cm³/mol. The molecule has 4 heteroatoms. The molecule has 0 fully saturated rings. The highest BCUT2D eigenvalue weighted by molar-refractivity contribution is 7.13. The maximum Gasteiger partial charge on any atom is 0.151 e. The number of hydrogen-bond donors (Lipinski definition) is 1. The van der Waals surface area contributed by atoms with Crippen molar-refractivity contribution in [2.75, 3.05) is 0 Å². The van der Waals surface area contributed by atoms with E-state index in [2.05, 4.69) is 9.97 Å². The Kier molecular flexibility index (Phi) is 1.93. The number of nitrogens with zero attached hydrogens (tertiary/aromatic N) is 1. The highest BCUT2D eigenvalue weighted by Crippen LogP contribution is 2.25. The van der Waals surface area contributed by atoms with Crippen LogP contribution in [0, 0.1) is 0 Å². The molecule has 15 heavy (non-hydrogen) atoms. The summed E-state index contributed by atoms with van der Waals surface area (Å²) >= 11 is 1.66. The Morgan fingerprint density at radius 2 is 2.27 bits per heavy atom. The van der Waals surface area contributed by atoms with Crippen LogP contribution in [0.3, 0.4) is 0 Å². The van der Waals surface area contributed by atoms with Crippen LogP contribution in [0.1, 0.15) is 0 Å². The largest absolute Gasteiger partial charge is 0.463 e. The van der Waals surface area contributed by atoms with Crippen LogP contribution in [-0.4, -0.2) is 9.97 Å². The summed E-state index contributed by atoms with van der Waals surface area (Å²) in [4.78, 5) is 8.67. The zero-order chi connectivity index (χ0) is 10.1. The third-order valence-electron chi connectivity index (χ3n) is 2.12. The van der Waals surface area contributed by atoms with Crippen molar-refractivity contribution < 1.29 is 4.42 Å². The fourth-order valence-corrected chi connectivity index (χ4v) is 2.09. The van der Waals surface area contributed by atoms with Crippen LogP contribution in [0.2, 0.25) is 0 Å². The van der Waals surface area contributed by atoms with Gasteiger partial charge >= 0.3 is 0 Å². The van der Waals surface area contributed by atoms with Crippen LogP contribution >= 0.6 is 11.3 Å². The molecule has 0 aliphatic carbocycles. The number of hydrogen-bond acceptors (Lipinski definition) is 3. The molecule has 0 amide bonds. The van der Waals surface area contributed by atoms with Crippen molar-refractivity contribution in [2.24, 2.45) is 0 Å². The number of imidazole rings is 1. The number of aromatic nitrogens is 2. The number of nitrogens with one attached hydrogen (secondary N) is 1. The Morgan fingerprint density at radius 3 is 3.00 bits per heavy atom. The first-order valence-electron chi connectivity index (χ1n) is 4.56. The summed E-state index contributed by atoms with van der Waals surface area (Å²) < 4.78 is 5.28. The molecule has 3 heterocycles. The average molecular weight is 216 g/mol. The molecule has 3 aromatic heterocycles. The summed E-state index contributed by atoms with van der Waals surface area (Å²) in [5, 5.41) is 2.03. The minimum atomic E-state index is 0.810. The van der Waals surface area contributed by atoms with Crippen molar-refractivity contribution in [3.05, 3.63) is 42.1 Å². The third kappa shape index (κ3) is 1.49. The van der Waals surface area contributed by atoms with E-state index >= 15 is 0 Å². The summed E-state index contributed by atoms with van der Waals surface area (Å²) in [7, 11) is 0. The second-order valence-electron chi connectivity index (χ2n) is 3.10. The summed E-state index contributed by atoms with van der Waals surface area (Å²) in [5.74, 6) is 1.70. The first kappa shape index (κ1) is 8.49. The van der Waals surface area contributed by atoms with Gasteiger partial charge in [0, 0.05) is 0 Å². The molecule has 3 aromatic rings. The summed E-state index contributed by atoms with van der Waals surface area (Å²) in [6.45, 7) is 0. The summed E-state index contributed by atoms with van der Waals surface area (Å²) in [6.07, 6.45) is 3.44. The monoisotopic (exact) mass is 216 g/mol. The molecule has 74 valence electrons. The van der Waals surface area contributed by atoms with Crippen LogP contribution in [0.25, 0.3) is 22.2 Å². The lowest BCUT2D eigenvalue weighted by molar-refractivity contribution is 0.580. The van der Waals surface area contributed by atoms with Gasteiger partial charge in [0.1, 0.15) is 11.5 Å². The minimum Gasteiger partial charge on any atom is -0.463 e. The molecule has 0 aliphatic heterocycles. The van der Waals surface area contributed by atoms with Gasteiger partial charge in [-0.15, -0.1) is 11.3 Å². The van der Waals surface area contributed by atoms with E-state index in [1.54, 1.807) is 23.8 Å². The highest BCUT2D eigenvalue weighted by Gasteiger charge is 2.07. The molecule has 3 rings (SSSR count). The van der Waals surface area contributed by atoms with Gasteiger partial charge in [0.15, 0.2) is 5.76 Å². The van der Waals surface area contributed by atoms with Crippen LogP contribution in [-0.2, 0) is 0 Å². The van der Waals surface area contributed by atoms with Crippen LogP contribution in [0.15, 0.2) is 46.5 Å². The Labute approximate surface area is 90.4 Å². The maximum atomic E-state index is 5.28. The van der Waals surface area contributed by atoms with Gasteiger partial charge in [-0.2, -0.15) is 0 Å². The van der Waals surface area contributed by atoms with Crippen molar-refractivity contribution in [1.29, 1.82) is 0 Å². The molecular weight excluding hydrogens is 208 g/mol.